The number of halogens is 2. The lowest BCUT2D eigenvalue weighted by atomic mass is 9.82. The van der Waals surface area contributed by atoms with Gasteiger partial charge < -0.3 is 15.5 Å². The molecule has 0 aliphatic heterocycles. The maximum Gasteiger partial charge on any atom is 0.262 e. The van der Waals surface area contributed by atoms with Gasteiger partial charge in [0.15, 0.2) is 5.60 Å². The van der Waals surface area contributed by atoms with Crippen molar-refractivity contribution in [3.05, 3.63) is 156 Å². The monoisotopic (exact) mass is 1270 g/mol. The second kappa shape index (κ2) is 29.8. The third-order valence-corrected chi connectivity index (χ3v) is 19.4. The highest BCUT2D eigenvalue weighted by Gasteiger charge is 2.43. The number of aryl methyl sites for hydroxylation is 4. The summed E-state index contributed by atoms with van der Waals surface area (Å²) < 4.78 is 0. The van der Waals surface area contributed by atoms with Crippen molar-refractivity contribution < 1.29 is 29.4 Å². The summed E-state index contributed by atoms with van der Waals surface area (Å²) in [6, 6.07) is 14.4. The summed E-state index contributed by atoms with van der Waals surface area (Å²) >= 11 is 22.6. The number of carbonyl (C=O) groups is 4. The number of anilines is 4. The molecule has 0 saturated carbocycles. The second-order valence-corrected chi connectivity index (χ2v) is 26.6. The van der Waals surface area contributed by atoms with E-state index in [1.54, 1.807) is 37.3 Å². The summed E-state index contributed by atoms with van der Waals surface area (Å²) in [6.45, 7) is 10.9. The molecule has 2 aliphatic rings. The topological polar surface area (TPSA) is 260 Å². The third kappa shape index (κ3) is 16.8. The lowest BCUT2D eigenvalue weighted by Crippen LogP contribution is -2.42. The molecule has 0 fully saturated rings. The molecule has 4 aromatic heterocycles. The van der Waals surface area contributed by atoms with E-state index in [1.807, 2.05) is 67.6 Å². The fourth-order valence-electron chi connectivity index (χ4n) is 9.66. The molecule has 442 valence electrons. The molecule has 0 saturated heterocycles. The summed E-state index contributed by atoms with van der Waals surface area (Å²) in [5, 5.41) is 73.2. The SMILES string of the molecule is C=CCC(C(=O)Nc1nnc(CCCCc2nnc(NC(=O)C(CC=Cc3ccc(Cl)c(C(C)(O)C(=O)Nc4nnc(CCCCc5nnc(NC(=O)C(C)C(O)(S)C6=C(Cl)C=CCC6C)s5)s4)c3)c3ccccc3)s2)s1)C1=CC=CCC1C. The standard InChI is InChI=1S/C59H66Cl2N12O6S5/c1-6-18-41(39-24-11-10-19-34(39)2)52(76)64-56-72-68-47(83-56)29-13-12-28-46-67-71-55(82-46)63-51(75)40(38-22-8-7-9-23-38)25-17-21-37-31-32-43(60)42(33-37)58(5,78)53(77)65-57-73-69-48(84-57)30-15-14-27-45-66-70-54(81-45)62-50(74)36(4)59(79,80)49-35(3)20-16-26-44(49)61/h6-11,16-17,21-24,26,31-36,40-41,78-80H,1,12-15,18-20,25,27-30H2,2-5H3,(H,62,70,74)(H,63,71,75)(H,64,72,76)(H,65,73,77). The van der Waals surface area contributed by atoms with Crippen molar-refractivity contribution in [3.63, 3.8) is 0 Å². The zero-order valence-corrected chi connectivity index (χ0v) is 52.4. The molecule has 7 unspecified atom stereocenters. The predicted octanol–water partition coefficient (Wildman–Crippen LogP) is 12.5. The van der Waals surface area contributed by atoms with Gasteiger partial charge in [-0.05, 0) is 112 Å². The van der Waals surface area contributed by atoms with Crippen molar-refractivity contribution in [3.8, 4) is 0 Å². The summed E-state index contributed by atoms with van der Waals surface area (Å²) in [6.07, 6.45) is 23.3. The maximum absolute atomic E-state index is 13.9. The zero-order chi connectivity index (χ0) is 60.0. The minimum Gasteiger partial charge on any atom is -0.375 e. The number of unbranched alkanes of at least 4 members (excludes halogenated alkanes) is 2. The molecule has 0 bridgehead atoms. The van der Waals surface area contributed by atoms with Crippen LogP contribution in [0.4, 0.5) is 20.5 Å². The Labute approximate surface area is 519 Å². The molecule has 7 atom stereocenters. The zero-order valence-electron chi connectivity index (χ0n) is 46.8. The number of benzene rings is 2. The number of amides is 4. The Kier molecular flexibility index (Phi) is 22.6. The minimum absolute atomic E-state index is 0.0831. The molecule has 4 amide bonds. The Morgan fingerprint density at radius 1 is 0.702 bits per heavy atom. The fraction of sp³-hybridized carbons (Fsp3) is 0.390. The lowest BCUT2D eigenvalue weighted by Gasteiger charge is -2.35. The lowest BCUT2D eigenvalue weighted by molar-refractivity contribution is -0.133. The van der Waals surface area contributed by atoms with Crippen LogP contribution >= 0.6 is 81.2 Å². The van der Waals surface area contributed by atoms with Crippen molar-refractivity contribution in [2.24, 2.45) is 23.7 Å². The van der Waals surface area contributed by atoms with Crippen molar-refractivity contribution in [2.75, 3.05) is 21.3 Å². The molecule has 0 spiro atoms. The summed E-state index contributed by atoms with van der Waals surface area (Å²) in [5.74, 6) is -3.21. The molecule has 8 rings (SSSR count). The van der Waals surface area contributed by atoms with Crippen LogP contribution in [-0.4, -0.2) is 79.6 Å². The Morgan fingerprint density at radius 2 is 1.21 bits per heavy atom. The Bertz CT molecular complexity index is 3460. The van der Waals surface area contributed by atoms with Crippen LogP contribution in [0.25, 0.3) is 6.08 Å². The van der Waals surface area contributed by atoms with Crippen LogP contribution in [-0.2, 0) is 50.5 Å². The van der Waals surface area contributed by atoms with E-state index in [2.05, 4.69) is 94.3 Å². The quantitative estimate of drug-likeness (QED) is 0.0104. The number of thiol groups is 1. The summed E-state index contributed by atoms with van der Waals surface area (Å²) in [4.78, 5) is 52.3. The first kappa shape index (κ1) is 63.9. The number of allylic oxidation sites excluding steroid dienone is 8. The van der Waals surface area contributed by atoms with Gasteiger partial charge in [-0.15, -0.1) is 60.0 Å². The van der Waals surface area contributed by atoms with E-state index in [0.717, 1.165) is 58.3 Å². The van der Waals surface area contributed by atoms with Gasteiger partial charge in [0.05, 0.1) is 17.8 Å². The van der Waals surface area contributed by atoms with Crippen LogP contribution in [0, 0.1) is 23.7 Å². The van der Waals surface area contributed by atoms with Crippen molar-refractivity contribution in [1.82, 2.24) is 40.8 Å². The number of nitrogens with zero attached hydrogens (tertiary/aromatic N) is 8. The van der Waals surface area contributed by atoms with Crippen LogP contribution in [0.3, 0.4) is 0 Å². The van der Waals surface area contributed by atoms with Gasteiger partial charge in [0, 0.05) is 41.3 Å². The normalized spacial score (nSPS) is 17.7. The van der Waals surface area contributed by atoms with Crippen molar-refractivity contribution >= 4 is 131 Å². The minimum atomic E-state index is -2.06. The van der Waals surface area contributed by atoms with Gasteiger partial charge in [-0.3, -0.25) is 35.1 Å². The first-order chi connectivity index (χ1) is 40.3. The molecule has 18 nitrogen and oxygen atoms in total. The Balaban J connectivity index is 0.779. The van der Waals surface area contributed by atoms with E-state index in [1.165, 1.54) is 52.3 Å². The Morgan fingerprint density at radius 3 is 1.74 bits per heavy atom. The van der Waals surface area contributed by atoms with Gasteiger partial charge in [0.1, 0.15) is 25.0 Å². The van der Waals surface area contributed by atoms with E-state index in [9.17, 15) is 29.4 Å². The second-order valence-electron chi connectivity index (χ2n) is 20.8. The van der Waals surface area contributed by atoms with E-state index in [-0.39, 0.29) is 45.3 Å². The highest BCUT2D eigenvalue weighted by molar-refractivity contribution is 7.81. The number of hydrogen-bond acceptors (Lipinski definition) is 19. The summed E-state index contributed by atoms with van der Waals surface area (Å²) in [5.41, 5.74) is 1.16. The number of rotatable bonds is 28. The highest BCUT2D eigenvalue weighted by atomic mass is 35.5. The molecule has 6 aromatic rings. The van der Waals surface area contributed by atoms with Gasteiger partial charge >= 0.3 is 0 Å². The third-order valence-electron chi connectivity index (χ3n) is 14.5. The number of nitrogens with one attached hydrogen (secondary N) is 4. The maximum atomic E-state index is 13.9. The molecule has 25 heteroatoms. The van der Waals surface area contributed by atoms with Crippen LogP contribution < -0.4 is 21.3 Å². The number of aliphatic hydroxyl groups is 2. The van der Waals surface area contributed by atoms with Gasteiger partial charge in [0.2, 0.25) is 38.2 Å². The number of hydrogen-bond donors (Lipinski definition) is 7. The molecule has 6 N–H and O–H groups in total. The first-order valence-corrected chi connectivity index (χ1v) is 32.0. The largest absolute Gasteiger partial charge is 0.375 e. The summed E-state index contributed by atoms with van der Waals surface area (Å²) in [7, 11) is 0. The number of carbonyl (C=O) groups excluding carboxylic acids is 4. The predicted molar refractivity (Wildman–Crippen MR) is 340 cm³/mol. The average Bonchev–Trinajstić information content (AvgIpc) is 3.32. The molecule has 84 heavy (non-hydrogen) atoms. The molecular formula is C59H66Cl2N12O6S5. The van der Waals surface area contributed by atoms with Gasteiger partial charge in [-0.1, -0.05) is 167 Å². The van der Waals surface area contributed by atoms with E-state index in [4.69, 9.17) is 23.2 Å². The van der Waals surface area contributed by atoms with Crippen LogP contribution in [0.5, 0.6) is 0 Å². The van der Waals surface area contributed by atoms with Crippen molar-refractivity contribution in [1.29, 1.82) is 0 Å². The van der Waals surface area contributed by atoms with Gasteiger partial charge in [0.25, 0.3) is 5.91 Å². The molecule has 4 heterocycles. The van der Waals surface area contributed by atoms with Crippen LogP contribution in [0.1, 0.15) is 122 Å². The van der Waals surface area contributed by atoms with E-state index >= 15 is 0 Å². The molecule has 2 aliphatic carbocycles. The Hall–Kier alpha value is -6.15. The van der Waals surface area contributed by atoms with Crippen molar-refractivity contribution in [2.45, 2.75) is 121 Å². The smallest absolute Gasteiger partial charge is 0.262 e. The van der Waals surface area contributed by atoms with Crippen LogP contribution in [0.15, 0.2) is 114 Å². The van der Waals surface area contributed by atoms with E-state index < -0.39 is 34.2 Å². The van der Waals surface area contributed by atoms with Gasteiger partial charge in [-0.25, -0.2) is 0 Å². The van der Waals surface area contributed by atoms with E-state index in [0.29, 0.717) is 81.5 Å². The molecular weight excluding hydrogens is 1200 g/mol. The van der Waals surface area contributed by atoms with Crippen LogP contribution in [0.2, 0.25) is 5.02 Å². The first-order valence-electron chi connectivity index (χ1n) is 27.6. The average molecular weight is 1270 g/mol. The molecule has 2 aromatic carbocycles. The highest BCUT2D eigenvalue weighted by Crippen LogP contribution is 2.42. The molecule has 0 radical (unpaired) electrons. The number of aromatic nitrogens is 8. The fourth-order valence-corrected chi connectivity index (χ4v) is 14.0. The van der Waals surface area contributed by atoms with Gasteiger partial charge in [-0.2, -0.15) is 0 Å².